The zero-order valence-electron chi connectivity index (χ0n) is 15.6. The molecule has 2 amide bonds. The average molecular weight is 375 g/mol. The number of furan rings is 1. The van der Waals surface area contributed by atoms with Gasteiger partial charge in [0.1, 0.15) is 11.5 Å². The van der Waals surface area contributed by atoms with E-state index in [9.17, 15) is 9.59 Å². The van der Waals surface area contributed by atoms with Gasteiger partial charge in [0.05, 0.1) is 6.54 Å². The molecule has 1 N–H and O–H groups in total. The summed E-state index contributed by atoms with van der Waals surface area (Å²) in [5.41, 5.74) is 3.26. The Kier molecular flexibility index (Phi) is 4.93. The Morgan fingerprint density at radius 3 is 2.75 bits per heavy atom. The number of benzene rings is 1. The van der Waals surface area contributed by atoms with Crippen molar-refractivity contribution in [1.82, 2.24) is 15.2 Å². The smallest absolute Gasteiger partial charge is 0.254 e. The number of hydrogen-bond donors (Lipinski definition) is 1. The van der Waals surface area contributed by atoms with Crippen molar-refractivity contribution in [1.29, 1.82) is 0 Å². The number of carbonyl (C=O) groups is 2. The summed E-state index contributed by atoms with van der Waals surface area (Å²) < 4.78 is 5.47. The highest BCUT2D eigenvalue weighted by Gasteiger charge is 2.27. The summed E-state index contributed by atoms with van der Waals surface area (Å²) in [7, 11) is 0. The molecule has 4 rings (SSSR count). The van der Waals surface area contributed by atoms with E-state index in [1.165, 1.54) is 0 Å². The second-order valence-electron chi connectivity index (χ2n) is 6.90. The van der Waals surface area contributed by atoms with Crippen LogP contribution in [0.1, 0.15) is 43.4 Å². The van der Waals surface area contributed by atoms with Crippen LogP contribution in [0.3, 0.4) is 0 Å². The molecule has 142 valence electrons. The lowest BCUT2D eigenvalue weighted by Crippen LogP contribution is -2.26. The normalized spacial score (nSPS) is 12.9. The number of fused-ring (bicyclic) bond motifs is 1. The molecule has 0 saturated carbocycles. The maximum atomic E-state index is 12.6. The molecule has 3 heterocycles. The number of pyridine rings is 1. The lowest BCUT2D eigenvalue weighted by Gasteiger charge is -2.15. The average Bonchev–Trinajstić information content (AvgIpc) is 3.28. The van der Waals surface area contributed by atoms with Gasteiger partial charge in [0.25, 0.3) is 11.8 Å². The molecule has 0 aliphatic carbocycles. The first-order valence-corrected chi connectivity index (χ1v) is 9.25. The van der Waals surface area contributed by atoms with Gasteiger partial charge in [-0.2, -0.15) is 0 Å². The highest BCUT2D eigenvalue weighted by Crippen LogP contribution is 2.24. The van der Waals surface area contributed by atoms with Crippen molar-refractivity contribution in [3.05, 3.63) is 88.6 Å². The van der Waals surface area contributed by atoms with Crippen LogP contribution in [0.15, 0.2) is 59.3 Å². The fourth-order valence-corrected chi connectivity index (χ4v) is 3.37. The summed E-state index contributed by atoms with van der Waals surface area (Å²) in [6, 6.07) is 12.9. The summed E-state index contributed by atoms with van der Waals surface area (Å²) in [4.78, 5) is 30.9. The van der Waals surface area contributed by atoms with Gasteiger partial charge >= 0.3 is 0 Å². The van der Waals surface area contributed by atoms with Crippen LogP contribution in [0, 0.1) is 6.92 Å². The van der Waals surface area contributed by atoms with Gasteiger partial charge in [0.15, 0.2) is 0 Å². The molecule has 0 fully saturated rings. The van der Waals surface area contributed by atoms with Gasteiger partial charge in [-0.1, -0.05) is 0 Å². The quantitative estimate of drug-likeness (QED) is 0.718. The molecular weight excluding hydrogens is 354 g/mol. The summed E-state index contributed by atoms with van der Waals surface area (Å²) in [6.45, 7) is 3.36. The van der Waals surface area contributed by atoms with Crippen LogP contribution in [0.4, 0.5) is 0 Å². The number of aryl methyl sites for hydroxylation is 1. The highest BCUT2D eigenvalue weighted by atomic mass is 16.3. The minimum atomic E-state index is -0.181. The van der Waals surface area contributed by atoms with Crippen LogP contribution in [0.5, 0.6) is 0 Å². The van der Waals surface area contributed by atoms with E-state index in [4.69, 9.17) is 4.42 Å². The van der Waals surface area contributed by atoms with E-state index in [0.29, 0.717) is 36.5 Å². The minimum Gasteiger partial charge on any atom is -0.465 e. The van der Waals surface area contributed by atoms with Gasteiger partial charge in [-0.05, 0) is 66.9 Å². The molecule has 0 atom stereocenters. The molecular formula is C22H21N3O3. The van der Waals surface area contributed by atoms with Crippen LogP contribution in [-0.4, -0.2) is 28.2 Å². The Morgan fingerprint density at radius 2 is 2.00 bits per heavy atom. The number of rotatable bonds is 6. The lowest BCUT2D eigenvalue weighted by molar-refractivity contribution is 0.0780. The van der Waals surface area contributed by atoms with E-state index < -0.39 is 0 Å². The van der Waals surface area contributed by atoms with E-state index in [2.05, 4.69) is 10.3 Å². The first kappa shape index (κ1) is 18.0. The first-order chi connectivity index (χ1) is 13.6. The van der Waals surface area contributed by atoms with Gasteiger partial charge < -0.3 is 14.6 Å². The second-order valence-corrected chi connectivity index (χ2v) is 6.90. The molecule has 0 unspecified atom stereocenters. The minimum absolute atomic E-state index is 0.0158. The predicted octanol–water partition coefficient (Wildman–Crippen LogP) is 3.11. The summed E-state index contributed by atoms with van der Waals surface area (Å²) in [5, 5.41) is 2.85. The number of amides is 2. The molecule has 1 aromatic carbocycles. The van der Waals surface area contributed by atoms with Crippen molar-refractivity contribution in [3.63, 3.8) is 0 Å². The standard InChI is InChI=1S/C22H21N3O3/c1-15-2-4-19(28-15)13-24-21(26)17-3-5-20-18(12-17)14-25(22(20)27)11-8-16-6-9-23-10-7-16/h2-7,9-10,12H,8,11,13-14H2,1H3,(H,24,26). The second kappa shape index (κ2) is 7.68. The van der Waals surface area contributed by atoms with Crippen molar-refractivity contribution >= 4 is 11.8 Å². The van der Waals surface area contributed by atoms with Crippen molar-refractivity contribution in [3.8, 4) is 0 Å². The molecule has 3 aromatic rings. The number of hydrogen-bond acceptors (Lipinski definition) is 4. The largest absolute Gasteiger partial charge is 0.465 e. The third-order valence-electron chi connectivity index (χ3n) is 4.89. The van der Waals surface area contributed by atoms with Crippen molar-refractivity contribution < 1.29 is 14.0 Å². The van der Waals surface area contributed by atoms with E-state index in [-0.39, 0.29) is 11.8 Å². The van der Waals surface area contributed by atoms with Crippen LogP contribution in [0.2, 0.25) is 0 Å². The van der Waals surface area contributed by atoms with E-state index in [1.54, 1.807) is 24.5 Å². The van der Waals surface area contributed by atoms with Gasteiger partial charge in [0.2, 0.25) is 0 Å². The van der Waals surface area contributed by atoms with Crippen molar-refractivity contribution in [2.24, 2.45) is 0 Å². The van der Waals surface area contributed by atoms with E-state index in [1.807, 2.05) is 42.2 Å². The molecule has 6 heteroatoms. The Balaban J connectivity index is 1.39. The first-order valence-electron chi connectivity index (χ1n) is 9.25. The molecule has 0 radical (unpaired) electrons. The fourth-order valence-electron chi connectivity index (χ4n) is 3.37. The van der Waals surface area contributed by atoms with Gasteiger partial charge in [-0.25, -0.2) is 0 Å². The number of carbonyl (C=O) groups excluding carboxylic acids is 2. The van der Waals surface area contributed by atoms with Crippen LogP contribution in [-0.2, 0) is 19.5 Å². The van der Waals surface area contributed by atoms with E-state index >= 15 is 0 Å². The number of aromatic nitrogens is 1. The molecule has 1 aliphatic heterocycles. The van der Waals surface area contributed by atoms with Gasteiger partial charge in [-0.3, -0.25) is 14.6 Å². The van der Waals surface area contributed by atoms with Crippen molar-refractivity contribution in [2.75, 3.05) is 6.54 Å². The third-order valence-corrected chi connectivity index (χ3v) is 4.89. The van der Waals surface area contributed by atoms with Crippen molar-refractivity contribution in [2.45, 2.75) is 26.4 Å². The number of nitrogens with one attached hydrogen (secondary N) is 1. The molecule has 0 spiro atoms. The Morgan fingerprint density at radius 1 is 1.18 bits per heavy atom. The zero-order valence-corrected chi connectivity index (χ0v) is 15.6. The molecule has 28 heavy (non-hydrogen) atoms. The predicted molar refractivity (Wildman–Crippen MR) is 104 cm³/mol. The third kappa shape index (κ3) is 3.81. The zero-order chi connectivity index (χ0) is 19.5. The maximum absolute atomic E-state index is 12.6. The Hall–Kier alpha value is -3.41. The summed E-state index contributed by atoms with van der Waals surface area (Å²) in [5.74, 6) is 1.36. The van der Waals surface area contributed by atoms with Gasteiger partial charge in [-0.15, -0.1) is 0 Å². The molecule has 0 bridgehead atoms. The SMILES string of the molecule is Cc1ccc(CNC(=O)c2ccc3c(c2)CN(CCc2ccncc2)C3=O)o1. The van der Waals surface area contributed by atoms with Crippen LogP contribution < -0.4 is 5.32 Å². The summed E-state index contributed by atoms with van der Waals surface area (Å²) >= 11 is 0. The van der Waals surface area contributed by atoms with Gasteiger partial charge in [0, 0.05) is 36.6 Å². The molecule has 1 aliphatic rings. The molecule has 2 aromatic heterocycles. The number of nitrogens with zero attached hydrogens (tertiary/aromatic N) is 2. The van der Waals surface area contributed by atoms with E-state index in [0.717, 1.165) is 23.3 Å². The molecule has 0 saturated heterocycles. The topological polar surface area (TPSA) is 75.4 Å². The lowest BCUT2D eigenvalue weighted by atomic mass is 10.1. The van der Waals surface area contributed by atoms with Crippen LogP contribution in [0.25, 0.3) is 0 Å². The highest BCUT2D eigenvalue weighted by molar-refractivity contribution is 6.01. The Labute approximate surface area is 163 Å². The fraction of sp³-hybridized carbons (Fsp3) is 0.227. The monoisotopic (exact) mass is 375 g/mol. The van der Waals surface area contributed by atoms with Crippen LogP contribution >= 0.6 is 0 Å². The molecule has 6 nitrogen and oxygen atoms in total. The maximum Gasteiger partial charge on any atom is 0.254 e. The Bertz CT molecular complexity index is 1010. The summed E-state index contributed by atoms with van der Waals surface area (Å²) in [6.07, 6.45) is 4.29.